The third kappa shape index (κ3) is 10.8. The number of hydrogen-bond acceptors (Lipinski definition) is 2. The standard InChI is InChI=1S/C27H46Cl3O4P/c1-3-5-7-9-11-16-20-27(34-35(31,32)33,21-17-12-10-8-6-4-2)26(22-28,23-29)25(30)24-18-14-13-15-19-24/h13-15,18-19,25H,3-12,16-17,20-23H2,1-2H3,(H2,31,32,33). The van der Waals surface area contributed by atoms with Crippen molar-refractivity contribution in [3.05, 3.63) is 35.9 Å². The summed E-state index contributed by atoms with van der Waals surface area (Å²) in [5, 5.41) is -0.662. The number of alkyl halides is 3. The van der Waals surface area contributed by atoms with Crippen LogP contribution in [0.25, 0.3) is 0 Å². The van der Waals surface area contributed by atoms with E-state index in [4.69, 9.17) is 39.3 Å². The van der Waals surface area contributed by atoms with Crippen LogP contribution in [0.4, 0.5) is 0 Å². The molecule has 0 amide bonds. The Morgan fingerprint density at radius 1 is 0.800 bits per heavy atom. The average Bonchev–Trinajstić information content (AvgIpc) is 2.84. The molecule has 1 unspecified atom stereocenters. The van der Waals surface area contributed by atoms with Crippen LogP contribution in [0.2, 0.25) is 0 Å². The lowest BCUT2D eigenvalue weighted by Gasteiger charge is -2.51. The second-order valence-corrected chi connectivity index (χ2v) is 11.9. The van der Waals surface area contributed by atoms with Crippen molar-refractivity contribution in [2.24, 2.45) is 5.41 Å². The van der Waals surface area contributed by atoms with E-state index in [0.717, 1.165) is 69.8 Å². The molecular formula is C27H46Cl3O4P. The van der Waals surface area contributed by atoms with Gasteiger partial charge in [-0.2, -0.15) is 0 Å². The molecule has 35 heavy (non-hydrogen) atoms. The predicted molar refractivity (Wildman–Crippen MR) is 151 cm³/mol. The highest BCUT2D eigenvalue weighted by molar-refractivity contribution is 7.46. The Bertz CT molecular complexity index is 694. The molecule has 204 valence electrons. The molecule has 0 aliphatic heterocycles. The fraction of sp³-hybridized carbons (Fsp3) is 0.778. The van der Waals surface area contributed by atoms with E-state index in [-0.39, 0.29) is 11.8 Å². The van der Waals surface area contributed by atoms with Crippen LogP contribution in [0, 0.1) is 5.41 Å². The molecule has 0 saturated carbocycles. The Balaban J connectivity index is 3.34. The maximum absolute atomic E-state index is 12.4. The van der Waals surface area contributed by atoms with Gasteiger partial charge in [0.1, 0.15) is 0 Å². The summed E-state index contributed by atoms with van der Waals surface area (Å²) in [6.07, 6.45) is 13.5. The molecule has 0 fully saturated rings. The fourth-order valence-electron chi connectivity index (χ4n) is 5.00. The van der Waals surface area contributed by atoms with Gasteiger partial charge >= 0.3 is 7.82 Å². The highest BCUT2D eigenvalue weighted by atomic mass is 35.5. The summed E-state index contributed by atoms with van der Waals surface area (Å²) in [6.45, 7) is 4.36. The van der Waals surface area contributed by atoms with Gasteiger partial charge in [0.25, 0.3) is 0 Å². The van der Waals surface area contributed by atoms with Gasteiger partial charge in [-0.25, -0.2) is 4.57 Å². The lowest BCUT2D eigenvalue weighted by atomic mass is 9.65. The molecule has 0 aliphatic carbocycles. The number of hydrogen-bond donors (Lipinski definition) is 2. The van der Waals surface area contributed by atoms with Gasteiger partial charge in [0.05, 0.1) is 11.0 Å². The molecule has 4 nitrogen and oxygen atoms in total. The summed E-state index contributed by atoms with van der Waals surface area (Å²) in [4.78, 5) is 20.1. The van der Waals surface area contributed by atoms with Gasteiger partial charge in [-0.05, 0) is 18.4 Å². The summed E-state index contributed by atoms with van der Waals surface area (Å²) in [6, 6.07) is 9.50. The third-order valence-electron chi connectivity index (χ3n) is 7.12. The summed E-state index contributed by atoms with van der Waals surface area (Å²) >= 11 is 20.4. The van der Waals surface area contributed by atoms with Gasteiger partial charge in [-0.1, -0.05) is 121 Å². The second kappa shape index (κ2) is 17.7. The summed E-state index contributed by atoms with van der Waals surface area (Å²) in [5.41, 5.74) is -1.49. The molecule has 0 bridgehead atoms. The van der Waals surface area contributed by atoms with Crippen molar-refractivity contribution >= 4 is 42.6 Å². The summed E-state index contributed by atoms with van der Waals surface area (Å²) < 4.78 is 18.2. The number of phosphoric ester groups is 1. The molecule has 8 heteroatoms. The lowest BCUT2D eigenvalue weighted by Crippen LogP contribution is -2.55. The van der Waals surface area contributed by atoms with E-state index in [2.05, 4.69) is 13.8 Å². The van der Waals surface area contributed by atoms with Crippen LogP contribution in [-0.2, 0) is 9.09 Å². The maximum atomic E-state index is 12.4. The van der Waals surface area contributed by atoms with E-state index in [1.165, 1.54) is 12.8 Å². The molecule has 0 heterocycles. The first-order chi connectivity index (χ1) is 16.7. The molecule has 1 atom stereocenters. The van der Waals surface area contributed by atoms with E-state index in [0.29, 0.717) is 12.8 Å². The molecule has 0 aromatic heterocycles. The Kier molecular flexibility index (Phi) is 16.8. The van der Waals surface area contributed by atoms with Crippen LogP contribution >= 0.6 is 42.6 Å². The van der Waals surface area contributed by atoms with Crippen molar-refractivity contribution in [1.29, 1.82) is 0 Å². The number of benzene rings is 1. The van der Waals surface area contributed by atoms with Crippen molar-refractivity contribution < 1.29 is 18.9 Å². The number of unbranched alkanes of at least 4 members (excludes halogenated alkanes) is 10. The highest BCUT2D eigenvalue weighted by Crippen LogP contribution is 2.59. The van der Waals surface area contributed by atoms with Crippen LogP contribution in [0.15, 0.2) is 30.3 Å². The zero-order valence-electron chi connectivity index (χ0n) is 21.6. The van der Waals surface area contributed by atoms with E-state index in [1.54, 1.807) is 0 Å². The lowest BCUT2D eigenvalue weighted by molar-refractivity contribution is -0.0753. The van der Waals surface area contributed by atoms with Crippen LogP contribution in [0.5, 0.6) is 0 Å². The number of halogens is 3. The smallest absolute Gasteiger partial charge is 0.303 e. The fourth-order valence-corrected chi connectivity index (χ4v) is 7.56. The molecule has 1 aromatic rings. The predicted octanol–water partition coefficient (Wildman–Crippen LogP) is 9.78. The van der Waals surface area contributed by atoms with E-state index >= 15 is 0 Å². The summed E-state index contributed by atoms with van der Waals surface area (Å²) in [7, 11) is -4.85. The van der Waals surface area contributed by atoms with Gasteiger partial charge in [0, 0.05) is 17.2 Å². The van der Waals surface area contributed by atoms with Crippen molar-refractivity contribution in [2.45, 2.75) is 115 Å². The Morgan fingerprint density at radius 3 is 1.63 bits per heavy atom. The Hall–Kier alpha value is 0.200. The molecule has 0 aliphatic rings. The van der Waals surface area contributed by atoms with Crippen LogP contribution < -0.4 is 0 Å². The quantitative estimate of drug-likeness (QED) is 0.0875. The molecular weight excluding hydrogens is 526 g/mol. The SMILES string of the molecule is CCCCCCCCC(CCCCCCCC)(OP(=O)(O)O)C(CCl)(CCl)C(Cl)c1ccccc1. The van der Waals surface area contributed by atoms with Gasteiger partial charge < -0.3 is 9.79 Å². The summed E-state index contributed by atoms with van der Waals surface area (Å²) in [5.74, 6) is 0.0659. The zero-order valence-corrected chi connectivity index (χ0v) is 24.7. The minimum atomic E-state index is -4.85. The molecule has 2 N–H and O–H groups in total. The Labute approximate surface area is 228 Å². The minimum absolute atomic E-state index is 0.0330. The molecule has 1 aromatic carbocycles. The van der Waals surface area contributed by atoms with Crippen LogP contribution in [0.1, 0.15) is 115 Å². The van der Waals surface area contributed by atoms with Crippen LogP contribution in [-0.4, -0.2) is 27.1 Å². The normalized spacial score (nSPS) is 13.8. The topological polar surface area (TPSA) is 66.8 Å². The maximum Gasteiger partial charge on any atom is 0.470 e. The van der Waals surface area contributed by atoms with Crippen LogP contribution in [0.3, 0.4) is 0 Å². The van der Waals surface area contributed by atoms with E-state index in [1.807, 2.05) is 30.3 Å². The first kappa shape index (κ1) is 33.2. The van der Waals surface area contributed by atoms with Crippen molar-refractivity contribution in [3.8, 4) is 0 Å². The molecule has 0 saturated heterocycles. The van der Waals surface area contributed by atoms with Gasteiger partial charge in [0.2, 0.25) is 0 Å². The Morgan fingerprint density at radius 2 is 1.23 bits per heavy atom. The van der Waals surface area contributed by atoms with E-state index < -0.39 is 24.2 Å². The number of rotatable bonds is 21. The highest BCUT2D eigenvalue weighted by Gasteiger charge is 2.57. The zero-order chi connectivity index (χ0) is 26.2. The van der Waals surface area contributed by atoms with Crippen molar-refractivity contribution in [3.63, 3.8) is 0 Å². The van der Waals surface area contributed by atoms with Crippen molar-refractivity contribution in [1.82, 2.24) is 0 Å². The second-order valence-electron chi connectivity index (χ2n) is 9.81. The number of phosphoric acid groups is 1. The van der Waals surface area contributed by atoms with Gasteiger partial charge in [0.15, 0.2) is 0 Å². The van der Waals surface area contributed by atoms with Crippen molar-refractivity contribution in [2.75, 3.05) is 11.8 Å². The third-order valence-corrected chi connectivity index (χ3v) is 9.33. The molecule has 0 radical (unpaired) electrons. The van der Waals surface area contributed by atoms with Gasteiger partial charge in [-0.15, -0.1) is 34.8 Å². The molecule has 1 rings (SSSR count). The van der Waals surface area contributed by atoms with Gasteiger partial charge in [-0.3, -0.25) is 4.52 Å². The monoisotopic (exact) mass is 570 g/mol. The molecule has 0 spiro atoms. The largest absolute Gasteiger partial charge is 0.470 e. The average molecular weight is 572 g/mol. The first-order valence-electron chi connectivity index (χ1n) is 13.3. The minimum Gasteiger partial charge on any atom is -0.303 e. The van der Waals surface area contributed by atoms with E-state index in [9.17, 15) is 14.4 Å². The first-order valence-corrected chi connectivity index (χ1v) is 16.3.